The summed E-state index contributed by atoms with van der Waals surface area (Å²) in [5.74, 6) is -1.02. The highest BCUT2D eigenvalue weighted by Gasteiger charge is 2.19. The number of allylic oxidation sites excluding steroid dienone is 30. The number of rotatable bonds is 52. The maximum absolute atomic E-state index is 12.8. The molecule has 0 aromatic rings. The molecule has 428 valence electrons. The molecule has 0 amide bonds. The van der Waals surface area contributed by atoms with Crippen molar-refractivity contribution in [3.8, 4) is 0 Å². The smallest absolute Gasteiger partial charge is 0.306 e. The van der Waals surface area contributed by atoms with E-state index in [0.717, 1.165) is 154 Å². The first-order chi connectivity index (χ1) is 38.0. The summed E-state index contributed by atoms with van der Waals surface area (Å²) < 4.78 is 16.7. The van der Waals surface area contributed by atoms with Crippen LogP contribution < -0.4 is 0 Å². The molecule has 0 saturated heterocycles. The van der Waals surface area contributed by atoms with E-state index in [0.29, 0.717) is 19.3 Å². The lowest BCUT2D eigenvalue weighted by Gasteiger charge is -2.18. The molecule has 0 aromatic carbocycles. The Morgan fingerprint density at radius 3 is 0.831 bits per heavy atom. The fraction of sp³-hybridized carbons (Fsp3) is 0.535. The Morgan fingerprint density at radius 1 is 0.273 bits per heavy atom. The standard InChI is InChI=1S/C71H108O6/c1-4-7-10-13-16-18-20-22-24-26-28-30-32-33-34-35-36-37-39-40-42-44-46-48-50-52-55-58-61-64-70(73)76-67-68(66-75-69(72)63-60-57-54-15-12-9-6-3)77-71(74)65-62-59-56-53-51-49-47-45-43-41-38-31-29-27-25-23-21-19-17-14-11-8-5-2/h7-8,10-11,16-19,22-25,28-31,33-34,36-37,40-43,46-49,53,56,68H,4-6,9,12-15,20-21,26-27,32,35,38-39,44-45,50-52,54-55,57-67H2,1-3H3/b10-7-,11-8-,18-16-,19-17-,24-22-,25-23-,30-28-,31-29-,34-33-,37-36-,42-40-,43-41-,48-46-,49-47-,56-53-. The van der Waals surface area contributed by atoms with Crippen molar-refractivity contribution in [2.75, 3.05) is 13.2 Å². The molecule has 0 radical (unpaired) electrons. The maximum Gasteiger partial charge on any atom is 0.306 e. The quantitative estimate of drug-likeness (QED) is 0.0261. The minimum absolute atomic E-state index is 0.118. The number of hydrogen-bond acceptors (Lipinski definition) is 6. The van der Waals surface area contributed by atoms with Crippen LogP contribution in [0.15, 0.2) is 182 Å². The lowest BCUT2D eigenvalue weighted by Crippen LogP contribution is -2.30. The third-order valence-electron chi connectivity index (χ3n) is 11.9. The molecule has 0 heterocycles. The highest BCUT2D eigenvalue weighted by Crippen LogP contribution is 2.12. The summed E-state index contributed by atoms with van der Waals surface area (Å²) in [5, 5.41) is 0. The summed E-state index contributed by atoms with van der Waals surface area (Å²) in [4.78, 5) is 38.0. The molecule has 0 aliphatic heterocycles. The van der Waals surface area contributed by atoms with Crippen LogP contribution in [0.4, 0.5) is 0 Å². The van der Waals surface area contributed by atoms with E-state index in [4.69, 9.17) is 14.2 Å². The van der Waals surface area contributed by atoms with Crippen LogP contribution in [0.3, 0.4) is 0 Å². The first kappa shape index (κ1) is 71.5. The van der Waals surface area contributed by atoms with Gasteiger partial charge in [0.2, 0.25) is 0 Å². The molecule has 6 nitrogen and oxygen atoms in total. The van der Waals surface area contributed by atoms with Crippen LogP contribution in [0.1, 0.15) is 226 Å². The van der Waals surface area contributed by atoms with Crippen molar-refractivity contribution in [3.05, 3.63) is 182 Å². The molecular weight excluding hydrogens is 949 g/mol. The fourth-order valence-electron chi connectivity index (χ4n) is 7.45. The van der Waals surface area contributed by atoms with Gasteiger partial charge in [0, 0.05) is 19.3 Å². The van der Waals surface area contributed by atoms with Gasteiger partial charge in [-0.3, -0.25) is 14.4 Å². The Morgan fingerprint density at radius 2 is 0.519 bits per heavy atom. The zero-order valence-electron chi connectivity index (χ0n) is 48.9. The molecule has 1 atom stereocenters. The van der Waals surface area contributed by atoms with Gasteiger partial charge in [0.05, 0.1) is 0 Å². The van der Waals surface area contributed by atoms with Gasteiger partial charge < -0.3 is 14.2 Å². The van der Waals surface area contributed by atoms with Crippen molar-refractivity contribution in [3.63, 3.8) is 0 Å². The lowest BCUT2D eigenvalue weighted by atomic mass is 10.1. The number of hydrogen-bond donors (Lipinski definition) is 0. The van der Waals surface area contributed by atoms with E-state index in [1.807, 2.05) is 0 Å². The van der Waals surface area contributed by atoms with Crippen molar-refractivity contribution in [1.82, 2.24) is 0 Å². The Hall–Kier alpha value is -5.49. The lowest BCUT2D eigenvalue weighted by molar-refractivity contribution is -0.167. The normalized spacial score (nSPS) is 13.4. The van der Waals surface area contributed by atoms with Gasteiger partial charge in [-0.05, 0) is 135 Å². The van der Waals surface area contributed by atoms with Crippen molar-refractivity contribution >= 4 is 17.9 Å². The van der Waals surface area contributed by atoms with Gasteiger partial charge in [0.1, 0.15) is 13.2 Å². The van der Waals surface area contributed by atoms with Crippen molar-refractivity contribution < 1.29 is 28.6 Å². The van der Waals surface area contributed by atoms with E-state index >= 15 is 0 Å². The van der Waals surface area contributed by atoms with Gasteiger partial charge in [-0.25, -0.2) is 0 Å². The van der Waals surface area contributed by atoms with Gasteiger partial charge >= 0.3 is 17.9 Å². The summed E-state index contributed by atoms with van der Waals surface area (Å²) in [6, 6.07) is 0. The Balaban J connectivity index is 4.37. The average Bonchev–Trinajstić information content (AvgIpc) is 3.43. The van der Waals surface area contributed by atoms with E-state index in [2.05, 4.69) is 203 Å². The third kappa shape index (κ3) is 61.2. The minimum Gasteiger partial charge on any atom is -0.462 e. The van der Waals surface area contributed by atoms with E-state index < -0.39 is 6.10 Å². The highest BCUT2D eigenvalue weighted by molar-refractivity contribution is 5.71. The van der Waals surface area contributed by atoms with Gasteiger partial charge in [-0.15, -0.1) is 0 Å². The van der Waals surface area contributed by atoms with E-state index in [1.165, 1.54) is 25.7 Å². The fourth-order valence-corrected chi connectivity index (χ4v) is 7.45. The van der Waals surface area contributed by atoms with Crippen LogP contribution in [-0.2, 0) is 28.6 Å². The predicted octanol–water partition coefficient (Wildman–Crippen LogP) is 20.9. The molecule has 0 spiro atoms. The molecule has 0 aliphatic rings. The monoisotopic (exact) mass is 1060 g/mol. The van der Waals surface area contributed by atoms with Gasteiger partial charge in [-0.1, -0.05) is 254 Å². The first-order valence-electron chi connectivity index (χ1n) is 30.3. The summed E-state index contributed by atoms with van der Waals surface area (Å²) in [6.07, 6.45) is 94.9. The van der Waals surface area contributed by atoms with E-state index in [-0.39, 0.29) is 37.5 Å². The van der Waals surface area contributed by atoms with Crippen molar-refractivity contribution in [2.45, 2.75) is 232 Å². The zero-order chi connectivity index (χ0) is 55.7. The average molecular weight is 1060 g/mol. The number of unbranched alkanes of at least 4 members (excludes halogenated alkanes) is 11. The second-order valence-corrected chi connectivity index (χ2v) is 19.1. The van der Waals surface area contributed by atoms with Crippen LogP contribution in [0.2, 0.25) is 0 Å². The Bertz CT molecular complexity index is 1840. The van der Waals surface area contributed by atoms with E-state index in [1.54, 1.807) is 0 Å². The molecule has 1 unspecified atom stereocenters. The SMILES string of the molecule is CC/C=C\C/C=C\C/C=C\C/C=C\C/C=C\C/C=C\C/C=C\C/C=C\CCCCCCC(=O)OCC(COC(=O)CCCCCCCCC)OC(=O)CCC/C=C\C/C=C\C/C=C\C/C=C\C/C=C\C/C=C\C/C=C\CC. The maximum atomic E-state index is 12.8. The minimum atomic E-state index is -0.827. The topological polar surface area (TPSA) is 78.9 Å². The van der Waals surface area contributed by atoms with Crippen LogP contribution >= 0.6 is 0 Å². The molecule has 0 saturated carbocycles. The number of carbonyl (C=O) groups excluding carboxylic acids is 3. The van der Waals surface area contributed by atoms with Crippen LogP contribution in [0, 0.1) is 0 Å². The molecule has 6 heteroatoms. The Kier molecular flexibility index (Phi) is 58.6. The largest absolute Gasteiger partial charge is 0.462 e. The molecular formula is C71H108O6. The van der Waals surface area contributed by atoms with Crippen molar-refractivity contribution in [1.29, 1.82) is 0 Å². The first-order valence-corrected chi connectivity index (χ1v) is 30.3. The van der Waals surface area contributed by atoms with Crippen molar-refractivity contribution in [2.24, 2.45) is 0 Å². The van der Waals surface area contributed by atoms with E-state index in [9.17, 15) is 14.4 Å². The number of esters is 3. The van der Waals surface area contributed by atoms with Crippen LogP contribution in [0.5, 0.6) is 0 Å². The molecule has 77 heavy (non-hydrogen) atoms. The van der Waals surface area contributed by atoms with Gasteiger partial charge in [0.25, 0.3) is 0 Å². The molecule has 0 fully saturated rings. The molecule has 0 aromatic heterocycles. The Labute approximate surface area is 472 Å². The molecule has 0 N–H and O–H groups in total. The highest BCUT2D eigenvalue weighted by atomic mass is 16.6. The molecule has 0 bridgehead atoms. The summed E-state index contributed by atoms with van der Waals surface area (Å²) in [7, 11) is 0. The van der Waals surface area contributed by atoms with Crippen LogP contribution in [-0.4, -0.2) is 37.2 Å². The third-order valence-corrected chi connectivity index (χ3v) is 11.9. The van der Waals surface area contributed by atoms with Gasteiger partial charge in [0.15, 0.2) is 6.10 Å². The second-order valence-electron chi connectivity index (χ2n) is 19.1. The zero-order valence-corrected chi connectivity index (χ0v) is 48.9. The van der Waals surface area contributed by atoms with Crippen LogP contribution in [0.25, 0.3) is 0 Å². The predicted molar refractivity (Wildman–Crippen MR) is 334 cm³/mol. The summed E-state index contributed by atoms with van der Waals surface area (Å²) >= 11 is 0. The second kappa shape index (κ2) is 63.0. The summed E-state index contributed by atoms with van der Waals surface area (Å²) in [5.41, 5.74) is 0. The molecule has 0 rings (SSSR count). The number of ether oxygens (including phenoxy) is 3. The number of carbonyl (C=O) groups is 3. The van der Waals surface area contributed by atoms with Gasteiger partial charge in [-0.2, -0.15) is 0 Å². The summed E-state index contributed by atoms with van der Waals surface area (Å²) in [6.45, 7) is 6.27. The molecule has 0 aliphatic carbocycles.